The molecule has 23 heavy (non-hydrogen) atoms. The van der Waals surface area contributed by atoms with Gasteiger partial charge >= 0.3 is 5.97 Å². The van der Waals surface area contributed by atoms with Crippen LogP contribution in [0, 0.1) is 0 Å². The highest BCUT2D eigenvalue weighted by molar-refractivity contribution is 5.77. The molecular weight excluding hydrogens is 296 g/mol. The zero-order valence-electron chi connectivity index (χ0n) is 14.1. The molecule has 0 amide bonds. The van der Waals surface area contributed by atoms with Gasteiger partial charge in [0.1, 0.15) is 0 Å². The summed E-state index contributed by atoms with van der Waals surface area (Å²) >= 11 is 0. The van der Waals surface area contributed by atoms with Crippen LogP contribution in [0.15, 0.2) is 18.2 Å². The van der Waals surface area contributed by atoms with Crippen molar-refractivity contribution < 1.29 is 24.1 Å². The van der Waals surface area contributed by atoms with Crippen LogP contribution in [0.2, 0.25) is 0 Å². The molecular formula is C18H26O5. The molecule has 0 saturated heterocycles. The van der Waals surface area contributed by atoms with E-state index in [9.17, 15) is 9.90 Å². The summed E-state index contributed by atoms with van der Waals surface area (Å²) in [5, 5.41) is 9.44. The molecule has 1 aliphatic rings. The number of hydrogen-bond donors (Lipinski definition) is 1. The van der Waals surface area contributed by atoms with Crippen molar-refractivity contribution in [2.24, 2.45) is 0 Å². The molecule has 0 aromatic heterocycles. The van der Waals surface area contributed by atoms with Crippen molar-refractivity contribution in [3.63, 3.8) is 0 Å². The molecule has 1 aromatic carbocycles. The van der Waals surface area contributed by atoms with E-state index in [0.717, 1.165) is 18.4 Å². The number of methoxy groups -OCH3 is 1. The number of ether oxygens (including phenoxy) is 3. The fourth-order valence-corrected chi connectivity index (χ4v) is 3.01. The van der Waals surface area contributed by atoms with Gasteiger partial charge in [-0.2, -0.15) is 0 Å². The minimum Gasteiger partial charge on any atom is -0.493 e. The monoisotopic (exact) mass is 322 g/mol. The van der Waals surface area contributed by atoms with Crippen molar-refractivity contribution >= 4 is 5.97 Å². The summed E-state index contributed by atoms with van der Waals surface area (Å²) in [6.07, 6.45) is 4.98. The van der Waals surface area contributed by atoms with Crippen LogP contribution in [0.25, 0.3) is 0 Å². The van der Waals surface area contributed by atoms with E-state index >= 15 is 0 Å². The number of carbonyl (C=O) groups is 1. The lowest BCUT2D eigenvalue weighted by Crippen LogP contribution is -2.40. The lowest BCUT2D eigenvalue weighted by molar-refractivity contribution is -0.162. The van der Waals surface area contributed by atoms with Crippen LogP contribution in [0.5, 0.6) is 11.5 Å². The van der Waals surface area contributed by atoms with E-state index in [4.69, 9.17) is 14.2 Å². The van der Waals surface area contributed by atoms with Crippen LogP contribution < -0.4 is 9.47 Å². The fraction of sp³-hybridized carbons (Fsp3) is 0.611. The lowest BCUT2D eigenvalue weighted by atomic mass is 9.96. The molecule has 128 valence electrons. The van der Waals surface area contributed by atoms with Crippen molar-refractivity contribution in [2.75, 3.05) is 13.7 Å². The molecule has 2 rings (SSSR count). The Morgan fingerprint density at radius 3 is 2.57 bits per heavy atom. The largest absolute Gasteiger partial charge is 0.493 e. The highest BCUT2D eigenvalue weighted by Crippen LogP contribution is 2.33. The van der Waals surface area contributed by atoms with Gasteiger partial charge in [-0.15, -0.1) is 0 Å². The Hall–Kier alpha value is -1.75. The van der Waals surface area contributed by atoms with Gasteiger partial charge in [-0.05, 0) is 57.2 Å². The number of hydrogen-bond acceptors (Lipinski definition) is 4. The van der Waals surface area contributed by atoms with E-state index < -0.39 is 11.6 Å². The molecule has 1 aliphatic carbocycles. The van der Waals surface area contributed by atoms with Gasteiger partial charge in [0.2, 0.25) is 0 Å². The van der Waals surface area contributed by atoms with Crippen molar-refractivity contribution in [1.29, 1.82) is 0 Å². The maximum atomic E-state index is 11.5. The normalized spacial score (nSPS) is 17.7. The first-order valence-corrected chi connectivity index (χ1v) is 8.19. The number of benzene rings is 1. The third kappa shape index (κ3) is 4.38. The Kier molecular flexibility index (Phi) is 5.88. The van der Waals surface area contributed by atoms with Crippen LogP contribution in [0.1, 0.15) is 45.1 Å². The maximum absolute atomic E-state index is 11.5. The SMILES string of the molecule is CCOC(C)(Cc1ccc(OC)c(OC2CCCC2)c1)C(=O)O. The van der Waals surface area contributed by atoms with Gasteiger partial charge in [-0.25, -0.2) is 4.79 Å². The minimum atomic E-state index is -1.24. The Morgan fingerprint density at radius 2 is 2.00 bits per heavy atom. The van der Waals surface area contributed by atoms with Crippen LogP contribution in [0.3, 0.4) is 0 Å². The molecule has 1 unspecified atom stereocenters. The summed E-state index contributed by atoms with van der Waals surface area (Å²) in [4.78, 5) is 11.5. The number of carboxylic acid groups (broad SMARTS) is 1. The second-order valence-corrected chi connectivity index (χ2v) is 6.16. The van der Waals surface area contributed by atoms with Crippen LogP contribution in [-0.4, -0.2) is 36.5 Å². The lowest BCUT2D eigenvalue weighted by Gasteiger charge is -2.25. The Morgan fingerprint density at radius 1 is 1.30 bits per heavy atom. The van der Waals surface area contributed by atoms with Crippen LogP contribution in [-0.2, 0) is 16.0 Å². The molecule has 1 saturated carbocycles. The highest BCUT2D eigenvalue weighted by Gasteiger charge is 2.34. The predicted octanol–water partition coefficient (Wildman–Crippen LogP) is 3.44. The third-order valence-corrected chi connectivity index (χ3v) is 4.28. The zero-order valence-corrected chi connectivity index (χ0v) is 14.1. The first-order chi connectivity index (χ1) is 11.0. The minimum absolute atomic E-state index is 0.219. The van der Waals surface area contributed by atoms with E-state index in [1.54, 1.807) is 21.0 Å². The van der Waals surface area contributed by atoms with E-state index in [0.29, 0.717) is 18.1 Å². The van der Waals surface area contributed by atoms with Crippen molar-refractivity contribution in [3.8, 4) is 11.5 Å². The molecule has 0 spiro atoms. The number of carboxylic acids is 1. The molecule has 1 fully saturated rings. The molecule has 0 heterocycles. The summed E-state index contributed by atoms with van der Waals surface area (Å²) in [5.74, 6) is 0.392. The average molecular weight is 322 g/mol. The van der Waals surface area contributed by atoms with Gasteiger partial charge in [-0.3, -0.25) is 0 Å². The molecule has 0 radical (unpaired) electrons. The van der Waals surface area contributed by atoms with Gasteiger partial charge in [0.15, 0.2) is 17.1 Å². The van der Waals surface area contributed by atoms with E-state index in [2.05, 4.69) is 0 Å². The quantitative estimate of drug-likeness (QED) is 0.794. The molecule has 1 atom stereocenters. The van der Waals surface area contributed by atoms with Crippen molar-refractivity contribution in [2.45, 2.75) is 57.7 Å². The van der Waals surface area contributed by atoms with E-state index in [1.165, 1.54) is 12.8 Å². The zero-order chi connectivity index (χ0) is 16.9. The third-order valence-electron chi connectivity index (χ3n) is 4.28. The number of rotatable bonds is 8. The summed E-state index contributed by atoms with van der Waals surface area (Å²) in [6.45, 7) is 3.74. The smallest absolute Gasteiger partial charge is 0.336 e. The van der Waals surface area contributed by atoms with Gasteiger partial charge < -0.3 is 19.3 Å². The van der Waals surface area contributed by atoms with Gasteiger partial charge in [0.25, 0.3) is 0 Å². The van der Waals surface area contributed by atoms with Gasteiger partial charge in [-0.1, -0.05) is 6.07 Å². The van der Waals surface area contributed by atoms with E-state index in [-0.39, 0.29) is 12.5 Å². The average Bonchev–Trinajstić information content (AvgIpc) is 3.00. The van der Waals surface area contributed by atoms with Crippen molar-refractivity contribution in [1.82, 2.24) is 0 Å². The molecule has 0 aliphatic heterocycles. The maximum Gasteiger partial charge on any atom is 0.336 e. The Labute approximate surface area is 137 Å². The second kappa shape index (κ2) is 7.68. The summed E-state index contributed by atoms with van der Waals surface area (Å²) < 4.78 is 16.9. The summed E-state index contributed by atoms with van der Waals surface area (Å²) in [6, 6.07) is 5.56. The van der Waals surface area contributed by atoms with Crippen LogP contribution >= 0.6 is 0 Å². The highest BCUT2D eigenvalue weighted by atomic mass is 16.5. The molecule has 1 aromatic rings. The topological polar surface area (TPSA) is 65.0 Å². The Bertz CT molecular complexity index is 536. The first-order valence-electron chi connectivity index (χ1n) is 8.19. The van der Waals surface area contributed by atoms with Gasteiger partial charge in [0, 0.05) is 13.0 Å². The van der Waals surface area contributed by atoms with E-state index in [1.807, 2.05) is 18.2 Å². The molecule has 5 nitrogen and oxygen atoms in total. The first kappa shape index (κ1) is 17.6. The van der Waals surface area contributed by atoms with Crippen LogP contribution in [0.4, 0.5) is 0 Å². The summed E-state index contributed by atoms with van der Waals surface area (Å²) in [7, 11) is 1.61. The fourth-order valence-electron chi connectivity index (χ4n) is 3.01. The Balaban J connectivity index is 2.20. The standard InChI is InChI=1S/C18H26O5/c1-4-22-18(2,17(19)20)12-13-9-10-15(21-3)16(11-13)23-14-7-5-6-8-14/h9-11,14H,4-8,12H2,1-3H3,(H,19,20). The van der Waals surface area contributed by atoms with Crippen molar-refractivity contribution in [3.05, 3.63) is 23.8 Å². The second-order valence-electron chi connectivity index (χ2n) is 6.16. The summed E-state index contributed by atoms with van der Waals surface area (Å²) in [5.41, 5.74) is -0.384. The van der Waals surface area contributed by atoms with Gasteiger partial charge in [0.05, 0.1) is 13.2 Å². The molecule has 0 bridgehead atoms. The molecule has 1 N–H and O–H groups in total. The molecule has 5 heteroatoms. The number of aliphatic carboxylic acids is 1. The predicted molar refractivity (Wildman–Crippen MR) is 87.2 cm³/mol.